The molecular formula is C23H32O2. The number of phenols is 1. The fourth-order valence-corrected chi connectivity index (χ4v) is 3.84. The topological polar surface area (TPSA) is 29.5 Å². The zero-order chi connectivity index (χ0) is 18.8. The van der Waals surface area contributed by atoms with Crippen LogP contribution in [0.15, 0.2) is 36.4 Å². The lowest BCUT2D eigenvalue weighted by Gasteiger charge is -2.38. The predicted molar refractivity (Wildman–Crippen MR) is 106 cm³/mol. The molecule has 25 heavy (non-hydrogen) atoms. The molecule has 1 N–H and O–H groups in total. The summed E-state index contributed by atoms with van der Waals surface area (Å²) in [5.41, 5.74) is 4.83. The van der Waals surface area contributed by atoms with Crippen molar-refractivity contribution in [3.8, 4) is 11.5 Å². The van der Waals surface area contributed by atoms with Gasteiger partial charge in [0.05, 0.1) is 7.11 Å². The van der Waals surface area contributed by atoms with E-state index in [1.807, 2.05) is 13.0 Å². The van der Waals surface area contributed by atoms with E-state index < -0.39 is 0 Å². The van der Waals surface area contributed by atoms with E-state index in [0.29, 0.717) is 5.75 Å². The van der Waals surface area contributed by atoms with Crippen molar-refractivity contribution in [2.75, 3.05) is 7.11 Å². The lowest BCUT2D eigenvalue weighted by atomic mass is 9.66. The van der Waals surface area contributed by atoms with E-state index in [2.05, 4.69) is 65.0 Å². The zero-order valence-electron chi connectivity index (χ0n) is 16.7. The molecule has 0 aromatic heterocycles. The first kappa shape index (κ1) is 19.4. The summed E-state index contributed by atoms with van der Waals surface area (Å²) in [4.78, 5) is 0. The van der Waals surface area contributed by atoms with Gasteiger partial charge in [-0.15, -0.1) is 0 Å². The Balaban J connectivity index is 2.38. The maximum atomic E-state index is 9.83. The average molecular weight is 341 g/mol. The monoisotopic (exact) mass is 340 g/mol. The molecule has 0 aliphatic carbocycles. The van der Waals surface area contributed by atoms with Gasteiger partial charge in [0.25, 0.3) is 0 Å². The summed E-state index contributed by atoms with van der Waals surface area (Å²) in [6.07, 6.45) is 2.10. The average Bonchev–Trinajstić information content (AvgIpc) is 2.56. The molecule has 2 aromatic carbocycles. The van der Waals surface area contributed by atoms with E-state index >= 15 is 0 Å². The summed E-state index contributed by atoms with van der Waals surface area (Å²) >= 11 is 0. The highest BCUT2D eigenvalue weighted by molar-refractivity contribution is 5.41. The highest BCUT2D eigenvalue weighted by Gasteiger charge is 2.34. The molecule has 0 heterocycles. The quantitative estimate of drug-likeness (QED) is 0.693. The standard InChI is InChI=1S/C23H32O2/c1-8-23(6,19-10-12-21(25-7)17(3)14-19)15-22(4,5)18-9-11-20(24)16(2)13-18/h9-14,24H,8,15H2,1-7H3. The highest BCUT2D eigenvalue weighted by Crippen LogP contribution is 2.42. The number of aryl methyl sites for hydroxylation is 2. The molecule has 2 rings (SSSR count). The van der Waals surface area contributed by atoms with Crippen molar-refractivity contribution < 1.29 is 9.84 Å². The van der Waals surface area contributed by atoms with Gasteiger partial charge >= 0.3 is 0 Å². The first-order valence-electron chi connectivity index (χ1n) is 9.08. The van der Waals surface area contributed by atoms with Gasteiger partial charge in [-0.25, -0.2) is 0 Å². The second kappa shape index (κ2) is 7.11. The van der Waals surface area contributed by atoms with Crippen LogP contribution in [-0.2, 0) is 10.8 Å². The SMILES string of the molecule is CCC(C)(CC(C)(C)c1ccc(O)c(C)c1)c1ccc(OC)c(C)c1. The van der Waals surface area contributed by atoms with E-state index in [1.165, 1.54) is 16.7 Å². The number of benzene rings is 2. The van der Waals surface area contributed by atoms with Crippen molar-refractivity contribution in [2.45, 2.75) is 65.2 Å². The molecule has 2 nitrogen and oxygen atoms in total. The van der Waals surface area contributed by atoms with Gasteiger partial charge in [-0.2, -0.15) is 0 Å². The van der Waals surface area contributed by atoms with Gasteiger partial charge < -0.3 is 9.84 Å². The van der Waals surface area contributed by atoms with E-state index in [-0.39, 0.29) is 10.8 Å². The van der Waals surface area contributed by atoms with Crippen molar-refractivity contribution >= 4 is 0 Å². The van der Waals surface area contributed by atoms with Crippen LogP contribution in [0.3, 0.4) is 0 Å². The smallest absolute Gasteiger partial charge is 0.121 e. The molecule has 0 aliphatic rings. The highest BCUT2D eigenvalue weighted by atomic mass is 16.5. The van der Waals surface area contributed by atoms with E-state index in [4.69, 9.17) is 4.74 Å². The molecule has 2 heteroatoms. The van der Waals surface area contributed by atoms with Gasteiger partial charge in [0.15, 0.2) is 0 Å². The number of methoxy groups -OCH3 is 1. The molecule has 0 fully saturated rings. The van der Waals surface area contributed by atoms with E-state index in [0.717, 1.165) is 24.2 Å². The normalized spacial score (nSPS) is 14.2. The van der Waals surface area contributed by atoms with Crippen molar-refractivity contribution in [1.29, 1.82) is 0 Å². The van der Waals surface area contributed by atoms with Crippen LogP contribution < -0.4 is 4.74 Å². The Morgan fingerprint density at radius 3 is 2.04 bits per heavy atom. The van der Waals surface area contributed by atoms with Gasteiger partial charge in [-0.3, -0.25) is 0 Å². The number of rotatable bonds is 6. The van der Waals surface area contributed by atoms with Crippen molar-refractivity contribution in [3.05, 3.63) is 58.7 Å². The van der Waals surface area contributed by atoms with Crippen LogP contribution in [0, 0.1) is 13.8 Å². The molecule has 0 saturated heterocycles. The van der Waals surface area contributed by atoms with Gasteiger partial charge in [-0.1, -0.05) is 52.0 Å². The Kier molecular flexibility index (Phi) is 5.51. The van der Waals surface area contributed by atoms with Gasteiger partial charge in [-0.05, 0) is 71.9 Å². The summed E-state index contributed by atoms with van der Waals surface area (Å²) < 4.78 is 5.42. The summed E-state index contributed by atoms with van der Waals surface area (Å²) in [5.74, 6) is 1.30. The number of hydrogen-bond acceptors (Lipinski definition) is 2. The molecule has 1 atom stereocenters. The molecule has 0 radical (unpaired) electrons. The van der Waals surface area contributed by atoms with Crippen LogP contribution in [0.5, 0.6) is 11.5 Å². The second-order valence-electron chi connectivity index (χ2n) is 8.16. The predicted octanol–water partition coefficient (Wildman–Crippen LogP) is 6.05. The largest absolute Gasteiger partial charge is 0.508 e. The first-order valence-corrected chi connectivity index (χ1v) is 9.08. The lowest BCUT2D eigenvalue weighted by molar-refractivity contribution is 0.316. The van der Waals surface area contributed by atoms with Gasteiger partial charge in [0.2, 0.25) is 0 Å². The Morgan fingerprint density at radius 1 is 0.920 bits per heavy atom. The van der Waals surface area contributed by atoms with E-state index in [9.17, 15) is 5.11 Å². The summed E-state index contributed by atoms with van der Waals surface area (Å²) in [7, 11) is 1.72. The van der Waals surface area contributed by atoms with Crippen LogP contribution in [0.2, 0.25) is 0 Å². The van der Waals surface area contributed by atoms with E-state index in [1.54, 1.807) is 7.11 Å². The number of ether oxygens (including phenoxy) is 1. The van der Waals surface area contributed by atoms with Crippen molar-refractivity contribution in [2.24, 2.45) is 0 Å². The van der Waals surface area contributed by atoms with Crippen molar-refractivity contribution in [3.63, 3.8) is 0 Å². The molecule has 0 aliphatic heterocycles. The van der Waals surface area contributed by atoms with Gasteiger partial charge in [0.1, 0.15) is 11.5 Å². The molecule has 0 spiro atoms. The Labute approximate surface area is 152 Å². The summed E-state index contributed by atoms with van der Waals surface area (Å²) in [6, 6.07) is 12.5. The minimum Gasteiger partial charge on any atom is -0.508 e. The molecule has 1 unspecified atom stereocenters. The first-order chi connectivity index (χ1) is 11.6. The Bertz CT molecular complexity index is 746. The summed E-state index contributed by atoms with van der Waals surface area (Å²) in [6.45, 7) is 13.3. The fourth-order valence-electron chi connectivity index (χ4n) is 3.84. The molecule has 2 aromatic rings. The van der Waals surface area contributed by atoms with Crippen LogP contribution in [0.4, 0.5) is 0 Å². The third-order valence-electron chi connectivity index (χ3n) is 5.68. The molecule has 0 amide bonds. The molecule has 136 valence electrons. The number of hydrogen-bond donors (Lipinski definition) is 1. The minimum atomic E-state index is 0.0110. The van der Waals surface area contributed by atoms with Crippen LogP contribution in [0.1, 0.15) is 62.8 Å². The zero-order valence-corrected chi connectivity index (χ0v) is 16.7. The van der Waals surface area contributed by atoms with Crippen LogP contribution in [-0.4, -0.2) is 12.2 Å². The Hall–Kier alpha value is -1.96. The molecule has 0 bridgehead atoms. The Morgan fingerprint density at radius 2 is 1.52 bits per heavy atom. The minimum absolute atomic E-state index is 0.0110. The number of aromatic hydroxyl groups is 1. The van der Waals surface area contributed by atoms with Gasteiger partial charge in [0, 0.05) is 0 Å². The van der Waals surface area contributed by atoms with Crippen LogP contribution >= 0.6 is 0 Å². The third kappa shape index (κ3) is 4.00. The maximum Gasteiger partial charge on any atom is 0.121 e. The second-order valence-corrected chi connectivity index (χ2v) is 8.16. The van der Waals surface area contributed by atoms with Crippen molar-refractivity contribution in [1.82, 2.24) is 0 Å². The fraction of sp³-hybridized carbons (Fsp3) is 0.478. The molecule has 0 saturated carbocycles. The summed E-state index contributed by atoms with van der Waals surface area (Å²) in [5, 5.41) is 9.83. The van der Waals surface area contributed by atoms with Crippen LogP contribution in [0.25, 0.3) is 0 Å². The maximum absolute atomic E-state index is 9.83. The lowest BCUT2D eigenvalue weighted by Crippen LogP contribution is -2.32. The molecular weight excluding hydrogens is 308 g/mol. The third-order valence-corrected chi connectivity index (χ3v) is 5.68. The number of phenolic OH excluding ortho intramolecular Hbond substituents is 1.